The Morgan fingerprint density at radius 3 is 1.67 bits per heavy atom. The van der Waals surface area contributed by atoms with Gasteiger partial charge in [-0.15, -0.1) is 0 Å². The fourth-order valence-corrected chi connectivity index (χ4v) is 8.67. The van der Waals surface area contributed by atoms with Crippen molar-refractivity contribution in [3.8, 4) is 33.4 Å². The van der Waals surface area contributed by atoms with E-state index < -0.39 is 0 Å². The SMILES string of the molecule is C=C/C=C(\C=C/N(c1ccc(-c2ccc(-c3ccccc3)cc2)cc1)C1CC=CC(c2ccccc2)=C1c1ccc2c(c1)CC(C)C=C2)c1ccc(-c2ccccc2)cc1. The molecule has 0 amide bonds. The van der Waals surface area contributed by atoms with E-state index in [4.69, 9.17) is 0 Å². The Labute approximate surface area is 356 Å². The van der Waals surface area contributed by atoms with Crippen LogP contribution in [-0.2, 0) is 6.42 Å². The summed E-state index contributed by atoms with van der Waals surface area (Å²) in [5, 5.41) is 0. The molecule has 0 aliphatic heterocycles. The Bertz CT molecular complexity index is 2730. The van der Waals surface area contributed by atoms with Gasteiger partial charge in [-0.2, -0.15) is 0 Å². The van der Waals surface area contributed by atoms with Crippen molar-refractivity contribution in [1.29, 1.82) is 0 Å². The molecule has 0 spiro atoms. The zero-order valence-electron chi connectivity index (χ0n) is 34.2. The summed E-state index contributed by atoms with van der Waals surface area (Å²) >= 11 is 0. The third-order valence-electron chi connectivity index (χ3n) is 11.8. The Hall–Kier alpha value is -7.22. The number of hydrogen-bond acceptors (Lipinski definition) is 1. The Kier molecular flexibility index (Phi) is 11.3. The molecule has 60 heavy (non-hydrogen) atoms. The summed E-state index contributed by atoms with van der Waals surface area (Å²) in [4.78, 5) is 2.49. The number of hydrogen-bond donors (Lipinski definition) is 0. The smallest absolute Gasteiger partial charge is 0.0632 e. The van der Waals surface area contributed by atoms with E-state index in [0.717, 1.165) is 29.7 Å². The first kappa shape index (κ1) is 38.3. The zero-order chi connectivity index (χ0) is 40.7. The van der Waals surface area contributed by atoms with E-state index >= 15 is 0 Å². The van der Waals surface area contributed by atoms with E-state index in [0.29, 0.717) is 5.92 Å². The van der Waals surface area contributed by atoms with Crippen LogP contribution in [0, 0.1) is 5.92 Å². The van der Waals surface area contributed by atoms with Gasteiger partial charge in [0, 0.05) is 11.9 Å². The highest BCUT2D eigenvalue weighted by molar-refractivity contribution is 6.00. The molecule has 1 heteroatoms. The van der Waals surface area contributed by atoms with Gasteiger partial charge in [0.25, 0.3) is 0 Å². The van der Waals surface area contributed by atoms with Crippen LogP contribution in [0.25, 0.3) is 56.2 Å². The Morgan fingerprint density at radius 1 is 0.567 bits per heavy atom. The molecule has 0 heterocycles. The molecule has 0 bridgehead atoms. The normalized spacial score (nSPS) is 16.2. The topological polar surface area (TPSA) is 3.24 Å². The molecule has 0 fully saturated rings. The highest BCUT2D eigenvalue weighted by Crippen LogP contribution is 2.41. The lowest BCUT2D eigenvalue weighted by molar-refractivity contribution is 0.716. The molecule has 0 radical (unpaired) electrons. The molecule has 2 aliphatic carbocycles. The van der Waals surface area contributed by atoms with E-state index in [2.05, 4.69) is 243 Å². The molecule has 1 nitrogen and oxygen atoms in total. The first-order valence-electron chi connectivity index (χ1n) is 21.1. The minimum atomic E-state index is 0.0255. The molecule has 7 aromatic carbocycles. The molecule has 7 aromatic rings. The molecule has 2 aliphatic rings. The van der Waals surface area contributed by atoms with Gasteiger partial charge in [-0.05, 0) is 115 Å². The van der Waals surface area contributed by atoms with E-state index in [1.807, 2.05) is 6.08 Å². The summed E-state index contributed by atoms with van der Waals surface area (Å²) < 4.78 is 0. The molecule has 2 unspecified atom stereocenters. The molecule has 0 aromatic heterocycles. The number of benzene rings is 7. The Balaban J connectivity index is 1.14. The maximum absolute atomic E-state index is 4.12. The first-order valence-corrected chi connectivity index (χ1v) is 21.1. The Morgan fingerprint density at radius 2 is 1.08 bits per heavy atom. The van der Waals surface area contributed by atoms with Crippen LogP contribution in [0.4, 0.5) is 5.69 Å². The van der Waals surface area contributed by atoms with Crippen molar-refractivity contribution in [3.63, 3.8) is 0 Å². The summed E-state index contributed by atoms with van der Waals surface area (Å²) in [6, 6.07) is 66.0. The van der Waals surface area contributed by atoms with Crippen LogP contribution in [0.2, 0.25) is 0 Å². The van der Waals surface area contributed by atoms with Crippen molar-refractivity contribution in [3.05, 3.63) is 259 Å². The van der Waals surface area contributed by atoms with Gasteiger partial charge in [0.05, 0.1) is 6.04 Å². The van der Waals surface area contributed by atoms with E-state index in [9.17, 15) is 0 Å². The lowest BCUT2D eigenvalue weighted by Gasteiger charge is -2.36. The average Bonchev–Trinajstić information content (AvgIpc) is 3.32. The summed E-state index contributed by atoms with van der Waals surface area (Å²) in [6.07, 6.45) is 19.8. The molecular formula is C59H49N. The number of anilines is 1. The third-order valence-corrected chi connectivity index (χ3v) is 11.8. The minimum Gasteiger partial charge on any atom is -0.340 e. The van der Waals surface area contributed by atoms with Crippen LogP contribution in [0.3, 0.4) is 0 Å². The average molecular weight is 772 g/mol. The number of rotatable bonds is 11. The van der Waals surface area contributed by atoms with Crippen molar-refractivity contribution < 1.29 is 0 Å². The lowest BCUT2D eigenvalue weighted by Crippen LogP contribution is -2.33. The van der Waals surface area contributed by atoms with Crippen LogP contribution in [0.1, 0.15) is 41.2 Å². The molecule has 2 atom stereocenters. The van der Waals surface area contributed by atoms with Gasteiger partial charge in [0.2, 0.25) is 0 Å². The van der Waals surface area contributed by atoms with E-state index in [1.54, 1.807) is 0 Å². The van der Waals surface area contributed by atoms with E-state index in [-0.39, 0.29) is 6.04 Å². The standard InChI is InChI=1S/C59H49N/c1-3-14-44(47-25-27-48(28-26-47)45-15-7-4-8-16-45)39-40-60(56-37-35-51(36-38-56)50-31-29-49(30-32-50)46-17-9-5-10-18-46)58-22-13-21-57(53-19-11-6-12-20-53)59(58)54-34-33-52-24-23-43(2)41-55(52)42-54/h3-21,23-40,42-43,58H,1,22,41H2,2H3/b40-39-,44-14+. The van der Waals surface area contributed by atoms with Crippen molar-refractivity contribution in [2.75, 3.05) is 4.90 Å². The minimum absolute atomic E-state index is 0.0255. The summed E-state index contributed by atoms with van der Waals surface area (Å²) in [7, 11) is 0. The molecule has 0 N–H and O–H groups in total. The van der Waals surface area contributed by atoms with Gasteiger partial charge in [-0.25, -0.2) is 0 Å². The second kappa shape index (κ2) is 17.7. The van der Waals surface area contributed by atoms with Crippen LogP contribution < -0.4 is 4.90 Å². The summed E-state index contributed by atoms with van der Waals surface area (Å²) in [6.45, 7) is 6.43. The number of allylic oxidation sites excluding steroid dienone is 7. The summed E-state index contributed by atoms with van der Waals surface area (Å²) in [5.74, 6) is 0.515. The molecular weight excluding hydrogens is 723 g/mol. The quantitative estimate of drug-likeness (QED) is 0.118. The second-order valence-corrected chi connectivity index (χ2v) is 15.8. The monoisotopic (exact) mass is 771 g/mol. The van der Waals surface area contributed by atoms with Crippen LogP contribution in [0.5, 0.6) is 0 Å². The van der Waals surface area contributed by atoms with Crippen LogP contribution in [0.15, 0.2) is 231 Å². The molecule has 290 valence electrons. The molecule has 9 rings (SSSR count). The second-order valence-electron chi connectivity index (χ2n) is 15.8. The van der Waals surface area contributed by atoms with Gasteiger partial charge >= 0.3 is 0 Å². The summed E-state index contributed by atoms with van der Waals surface area (Å²) in [5.41, 5.74) is 18.4. The maximum Gasteiger partial charge on any atom is 0.0632 e. The molecule has 0 saturated heterocycles. The van der Waals surface area contributed by atoms with Gasteiger partial charge in [-0.3, -0.25) is 0 Å². The van der Waals surface area contributed by atoms with Gasteiger partial charge in [-0.1, -0.05) is 220 Å². The van der Waals surface area contributed by atoms with Crippen molar-refractivity contribution >= 4 is 28.5 Å². The fourth-order valence-electron chi connectivity index (χ4n) is 8.67. The predicted molar refractivity (Wildman–Crippen MR) is 258 cm³/mol. The van der Waals surface area contributed by atoms with E-state index in [1.165, 1.54) is 66.8 Å². The number of nitrogens with zero attached hydrogens (tertiary/aromatic N) is 1. The largest absolute Gasteiger partial charge is 0.340 e. The highest BCUT2D eigenvalue weighted by Gasteiger charge is 2.28. The van der Waals surface area contributed by atoms with Gasteiger partial charge in [0.15, 0.2) is 0 Å². The molecule has 0 saturated carbocycles. The first-order chi connectivity index (χ1) is 29.6. The third kappa shape index (κ3) is 8.35. The van der Waals surface area contributed by atoms with Crippen molar-refractivity contribution in [2.24, 2.45) is 5.92 Å². The highest BCUT2D eigenvalue weighted by atomic mass is 15.1. The van der Waals surface area contributed by atoms with Crippen LogP contribution in [-0.4, -0.2) is 6.04 Å². The van der Waals surface area contributed by atoms with Crippen molar-refractivity contribution in [2.45, 2.75) is 25.8 Å². The van der Waals surface area contributed by atoms with Gasteiger partial charge < -0.3 is 4.90 Å². The predicted octanol–water partition coefficient (Wildman–Crippen LogP) is 15.4. The number of fused-ring (bicyclic) bond motifs is 1. The zero-order valence-corrected chi connectivity index (χ0v) is 34.2. The maximum atomic E-state index is 4.12. The van der Waals surface area contributed by atoms with Crippen LogP contribution >= 0.6 is 0 Å². The van der Waals surface area contributed by atoms with Gasteiger partial charge in [0.1, 0.15) is 0 Å². The fraction of sp³-hybridized carbons (Fsp3) is 0.0847. The lowest BCUT2D eigenvalue weighted by atomic mass is 9.81. The van der Waals surface area contributed by atoms with Crippen molar-refractivity contribution in [1.82, 2.24) is 0 Å².